The van der Waals surface area contributed by atoms with E-state index < -0.39 is 6.10 Å². The summed E-state index contributed by atoms with van der Waals surface area (Å²) in [5.74, 6) is -0.306. The number of carbonyl (C=O) groups is 1. The molecule has 0 heterocycles. The monoisotopic (exact) mass is 354 g/mol. The molecule has 2 aliphatic rings. The molecule has 1 atom stereocenters. The first kappa shape index (κ1) is 20.2. The molecule has 1 spiro atoms. The summed E-state index contributed by atoms with van der Waals surface area (Å²) >= 11 is 0. The van der Waals surface area contributed by atoms with Crippen LogP contribution in [0.5, 0.6) is 0 Å². The zero-order valence-electron chi connectivity index (χ0n) is 16.1. The Labute approximate surface area is 157 Å². The van der Waals surface area contributed by atoms with E-state index in [1.165, 1.54) is 7.11 Å². The van der Waals surface area contributed by atoms with E-state index in [1.54, 1.807) is 6.92 Å². The van der Waals surface area contributed by atoms with E-state index in [-0.39, 0.29) is 16.8 Å². The van der Waals surface area contributed by atoms with Gasteiger partial charge in [0.05, 0.1) is 6.61 Å². The van der Waals surface area contributed by atoms with Gasteiger partial charge in [0.2, 0.25) is 0 Å². The first-order valence-corrected chi connectivity index (χ1v) is 9.31. The van der Waals surface area contributed by atoms with Crippen LogP contribution in [0.1, 0.15) is 33.1 Å². The molecule has 0 aromatic rings. The second-order valence-corrected chi connectivity index (χ2v) is 6.89. The molecule has 0 aliphatic heterocycles. The van der Waals surface area contributed by atoms with Crippen LogP contribution >= 0.6 is 0 Å². The molecule has 0 saturated heterocycles. The molecule has 0 N–H and O–H groups in total. The van der Waals surface area contributed by atoms with Crippen molar-refractivity contribution in [2.24, 2.45) is 10.8 Å². The summed E-state index contributed by atoms with van der Waals surface area (Å²) in [4.78, 5) is 11.7. The van der Waals surface area contributed by atoms with Crippen LogP contribution in [0.25, 0.3) is 0 Å². The molecule has 140 valence electrons. The number of hydrogen-bond donors (Lipinski definition) is 0. The lowest BCUT2D eigenvalue weighted by Gasteiger charge is -2.30. The number of carbonyl (C=O) groups excluding carboxylic acids is 1. The largest absolute Gasteiger partial charge is 0.464 e. The molecule has 0 saturated carbocycles. The third kappa shape index (κ3) is 5.70. The molecule has 2 aliphatic carbocycles. The molecule has 3 nitrogen and oxygen atoms in total. The molecule has 0 radical (unpaired) electrons. The maximum atomic E-state index is 11.7. The van der Waals surface area contributed by atoms with Gasteiger partial charge in [0.15, 0.2) is 6.10 Å². The number of allylic oxidation sites excluding steroid dienone is 11. The average molecular weight is 354 g/mol. The van der Waals surface area contributed by atoms with Crippen LogP contribution in [0.3, 0.4) is 0 Å². The highest BCUT2D eigenvalue weighted by Gasteiger charge is 2.26. The van der Waals surface area contributed by atoms with Crippen molar-refractivity contribution >= 4 is 5.97 Å². The Kier molecular flexibility index (Phi) is 7.40. The van der Waals surface area contributed by atoms with Gasteiger partial charge in [-0.1, -0.05) is 72.9 Å². The van der Waals surface area contributed by atoms with Crippen molar-refractivity contribution in [2.75, 3.05) is 13.7 Å². The Balaban J connectivity index is 1.81. The van der Waals surface area contributed by atoms with Gasteiger partial charge in [0, 0.05) is 24.4 Å². The fraction of sp³-hybridized carbons (Fsp3) is 0.435. The summed E-state index contributed by atoms with van der Waals surface area (Å²) in [6, 6.07) is 0. The van der Waals surface area contributed by atoms with Crippen LogP contribution < -0.4 is 0 Å². The molecule has 3 heteroatoms. The average Bonchev–Trinajstić information content (AvgIpc) is 2.65. The first-order valence-electron chi connectivity index (χ1n) is 9.31. The third-order valence-corrected chi connectivity index (χ3v) is 4.65. The van der Waals surface area contributed by atoms with Crippen molar-refractivity contribution < 1.29 is 14.3 Å². The molecule has 0 aromatic carbocycles. The molecule has 1 unspecified atom stereocenters. The second-order valence-electron chi connectivity index (χ2n) is 6.89. The maximum Gasteiger partial charge on any atom is 0.335 e. The Hall–Kier alpha value is -2.13. The van der Waals surface area contributed by atoms with Gasteiger partial charge in [0.1, 0.15) is 0 Å². The third-order valence-electron chi connectivity index (χ3n) is 4.65. The summed E-state index contributed by atoms with van der Waals surface area (Å²) < 4.78 is 10.1. The van der Waals surface area contributed by atoms with Crippen molar-refractivity contribution in [3.8, 4) is 0 Å². The number of methoxy groups -OCH3 is 1. The van der Waals surface area contributed by atoms with E-state index in [0.29, 0.717) is 13.0 Å². The number of ether oxygens (including phenoxy) is 2. The van der Waals surface area contributed by atoms with Gasteiger partial charge in [-0.05, 0) is 26.7 Å². The van der Waals surface area contributed by atoms with E-state index >= 15 is 0 Å². The number of rotatable bonds is 8. The minimum atomic E-state index is -0.523. The summed E-state index contributed by atoms with van der Waals surface area (Å²) in [5.41, 5.74) is -0.0913. The summed E-state index contributed by atoms with van der Waals surface area (Å²) in [6.07, 6.45) is 28.2. The zero-order chi connectivity index (χ0) is 18.9. The summed E-state index contributed by atoms with van der Waals surface area (Å²) in [7, 11) is 1.53. The van der Waals surface area contributed by atoms with E-state index in [9.17, 15) is 4.79 Å². The first-order chi connectivity index (χ1) is 12.5. The molecule has 0 bridgehead atoms. The minimum absolute atomic E-state index is 0.0340. The zero-order valence-corrected chi connectivity index (χ0v) is 16.1. The lowest BCUT2D eigenvalue weighted by molar-refractivity contribution is -0.154. The van der Waals surface area contributed by atoms with Gasteiger partial charge in [0.25, 0.3) is 0 Å². The van der Waals surface area contributed by atoms with Gasteiger partial charge in [-0.2, -0.15) is 0 Å². The number of hydrogen-bond acceptors (Lipinski definition) is 3. The van der Waals surface area contributed by atoms with Crippen molar-refractivity contribution in [1.82, 2.24) is 0 Å². The maximum absolute atomic E-state index is 11.7. The van der Waals surface area contributed by atoms with E-state index in [2.05, 4.69) is 73.8 Å². The van der Waals surface area contributed by atoms with Crippen LogP contribution in [-0.4, -0.2) is 25.8 Å². The Morgan fingerprint density at radius 3 is 2.38 bits per heavy atom. The highest BCUT2D eigenvalue weighted by Crippen LogP contribution is 2.38. The van der Waals surface area contributed by atoms with Crippen molar-refractivity contribution in [3.05, 3.63) is 72.9 Å². The van der Waals surface area contributed by atoms with Gasteiger partial charge in [-0.15, -0.1) is 0 Å². The molecule has 2 rings (SSSR count). The molecule has 0 aromatic heterocycles. The predicted octanol–water partition coefficient (Wildman–Crippen LogP) is 5.09. The topological polar surface area (TPSA) is 35.5 Å². The van der Waals surface area contributed by atoms with Crippen LogP contribution in [0.2, 0.25) is 0 Å². The van der Waals surface area contributed by atoms with Crippen LogP contribution in [0, 0.1) is 10.8 Å². The van der Waals surface area contributed by atoms with E-state index in [4.69, 9.17) is 9.47 Å². The SMILES string of the molecule is CCOC(=O)C(C/C=C/C/C=C\C1(C)C=CC2(C=CCC=C2)C=C1)OC. The van der Waals surface area contributed by atoms with E-state index in [1.807, 2.05) is 6.08 Å². The fourth-order valence-corrected chi connectivity index (χ4v) is 3.01. The van der Waals surface area contributed by atoms with Crippen LogP contribution in [-0.2, 0) is 14.3 Å². The van der Waals surface area contributed by atoms with Gasteiger partial charge in [-0.3, -0.25) is 0 Å². The van der Waals surface area contributed by atoms with Crippen molar-refractivity contribution in [3.63, 3.8) is 0 Å². The van der Waals surface area contributed by atoms with Crippen molar-refractivity contribution in [1.29, 1.82) is 0 Å². The Bertz CT molecular complexity index is 618. The molecule has 0 amide bonds. The van der Waals surface area contributed by atoms with Gasteiger partial charge in [-0.25, -0.2) is 4.79 Å². The van der Waals surface area contributed by atoms with E-state index in [0.717, 1.165) is 12.8 Å². The van der Waals surface area contributed by atoms with Crippen molar-refractivity contribution in [2.45, 2.75) is 39.2 Å². The Morgan fingerprint density at radius 1 is 1.08 bits per heavy atom. The normalized spacial score (nSPS) is 21.0. The highest BCUT2D eigenvalue weighted by atomic mass is 16.6. The predicted molar refractivity (Wildman–Crippen MR) is 107 cm³/mol. The molecular formula is C23H30O3. The van der Waals surface area contributed by atoms with Gasteiger partial charge >= 0.3 is 5.97 Å². The lowest BCUT2D eigenvalue weighted by Crippen LogP contribution is -2.24. The second kappa shape index (κ2) is 9.54. The quantitative estimate of drug-likeness (QED) is 0.450. The lowest BCUT2D eigenvalue weighted by atomic mass is 9.74. The molecular weight excluding hydrogens is 324 g/mol. The fourth-order valence-electron chi connectivity index (χ4n) is 3.01. The highest BCUT2D eigenvalue weighted by molar-refractivity contribution is 5.74. The molecule has 0 fully saturated rings. The number of esters is 1. The summed E-state index contributed by atoms with van der Waals surface area (Å²) in [5, 5.41) is 0. The van der Waals surface area contributed by atoms with Crippen LogP contribution in [0.15, 0.2) is 72.9 Å². The molecule has 26 heavy (non-hydrogen) atoms. The van der Waals surface area contributed by atoms with Gasteiger partial charge < -0.3 is 9.47 Å². The Morgan fingerprint density at radius 2 is 1.77 bits per heavy atom. The summed E-state index contributed by atoms with van der Waals surface area (Å²) in [6.45, 7) is 4.37. The smallest absolute Gasteiger partial charge is 0.335 e. The standard InChI is InChI=1S/C23H30O3/c1-4-26-21(24)20(25-3)12-8-5-6-9-13-22(2)16-18-23(19-17-22)14-10-7-11-15-23/h5,8-11,13-20H,4,6-7,12H2,1-3H3/b8-5+,13-9-. The minimum Gasteiger partial charge on any atom is -0.464 e. The van der Waals surface area contributed by atoms with Crippen LogP contribution in [0.4, 0.5) is 0 Å².